The Bertz CT molecular complexity index is 799. The average Bonchev–Trinajstić information content (AvgIpc) is 3.31. The third-order valence-corrected chi connectivity index (χ3v) is 5.80. The second-order valence-electron chi connectivity index (χ2n) is 7.41. The molecule has 1 aliphatic carbocycles. The Kier molecular flexibility index (Phi) is 3.98. The van der Waals surface area contributed by atoms with Crippen LogP contribution >= 0.6 is 0 Å². The first kappa shape index (κ1) is 16.1. The minimum absolute atomic E-state index is 0.0193. The molecule has 1 saturated carbocycles. The van der Waals surface area contributed by atoms with Crippen LogP contribution in [0.2, 0.25) is 0 Å². The maximum atomic E-state index is 12.7. The topological polar surface area (TPSA) is 63.1 Å². The molecule has 2 heterocycles. The van der Waals surface area contributed by atoms with Crippen LogP contribution in [0.5, 0.6) is 0 Å². The number of rotatable bonds is 3. The lowest BCUT2D eigenvalue weighted by Crippen LogP contribution is -2.42. The van der Waals surface area contributed by atoms with Crippen molar-refractivity contribution in [3.05, 3.63) is 30.1 Å². The third kappa shape index (κ3) is 2.90. The number of anilines is 1. The molecule has 0 radical (unpaired) electrons. The minimum atomic E-state index is 0.0193. The molecule has 1 aliphatic heterocycles. The molecule has 2 fully saturated rings. The van der Waals surface area contributed by atoms with E-state index in [1.165, 1.54) is 12.8 Å². The molecule has 1 unspecified atom stereocenters. The Balaban J connectivity index is 1.49. The van der Waals surface area contributed by atoms with E-state index in [4.69, 9.17) is 0 Å². The van der Waals surface area contributed by atoms with Gasteiger partial charge in [0.2, 0.25) is 0 Å². The van der Waals surface area contributed by atoms with Gasteiger partial charge in [0.1, 0.15) is 6.33 Å². The minimum Gasteiger partial charge on any atom is -0.321 e. The first-order valence-corrected chi connectivity index (χ1v) is 9.09. The van der Waals surface area contributed by atoms with Crippen LogP contribution in [-0.4, -0.2) is 38.3 Å². The van der Waals surface area contributed by atoms with E-state index < -0.39 is 0 Å². The zero-order valence-corrected chi connectivity index (χ0v) is 15.1. The van der Waals surface area contributed by atoms with Crippen molar-refractivity contribution in [1.82, 2.24) is 19.7 Å². The Morgan fingerprint density at radius 2 is 2.20 bits per heavy atom. The first-order chi connectivity index (χ1) is 12.0. The van der Waals surface area contributed by atoms with E-state index in [0.717, 1.165) is 35.7 Å². The summed E-state index contributed by atoms with van der Waals surface area (Å²) >= 11 is 0. The van der Waals surface area contributed by atoms with Crippen molar-refractivity contribution in [1.29, 1.82) is 0 Å². The summed E-state index contributed by atoms with van der Waals surface area (Å²) < 4.78 is 1.69. The number of nitrogens with zero attached hydrogens (tertiary/aromatic N) is 4. The Morgan fingerprint density at radius 3 is 2.84 bits per heavy atom. The Hall–Kier alpha value is -2.37. The van der Waals surface area contributed by atoms with Crippen molar-refractivity contribution in [2.75, 3.05) is 11.9 Å². The zero-order valence-electron chi connectivity index (χ0n) is 15.1. The maximum Gasteiger partial charge on any atom is 0.322 e. The standard InChI is InChI=1S/C19H25N5O/c1-4-13-7-16-8-14(13)10-24(16)19(25)21-15-6-5-12(2)17(9-15)18-20-11-23(3)22-18/h5-6,9,11,13-14,16H,4,7-8,10H2,1-3H3,(H,21,25)/t13?,14-,16+/m0/s1. The number of carbonyl (C=O) groups is 1. The normalized spacial score (nSPS) is 24.8. The van der Waals surface area contributed by atoms with E-state index in [1.807, 2.05) is 37.1 Å². The van der Waals surface area contributed by atoms with Crippen LogP contribution in [-0.2, 0) is 7.05 Å². The maximum absolute atomic E-state index is 12.7. The molecule has 6 heteroatoms. The number of aromatic nitrogens is 3. The number of hydrogen-bond acceptors (Lipinski definition) is 3. The lowest BCUT2D eigenvalue weighted by molar-refractivity contribution is 0.176. The highest BCUT2D eigenvalue weighted by molar-refractivity contribution is 5.90. The predicted molar refractivity (Wildman–Crippen MR) is 97.2 cm³/mol. The summed E-state index contributed by atoms with van der Waals surface area (Å²) in [4.78, 5) is 19.1. The number of hydrogen-bond donors (Lipinski definition) is 1. The van der Waals surface area contributed by atoms with Crippen LogP contribution in [0.25, 0.3) is 11.4 Å². The number of carbonyl (C=O) groups excluding carboxylic acids is 1. The largest absolute Gasteiger partial charge is 0.322 e. The summed E-state index contributed by atoms with van der Waals surface area (Å²) in [6, 6.07) is 6.35. The average molecular weight is 339 g/mol. The number of amides is 2. The van der Waals surface area contributed by atoms with E-state index in [9.17, 15) is 4.79 Å². The van der Waals surface area contributed by atoms with Gasteiger partial charge in [0, 0.05) is 30.9 Å². The summed E-state index contributed by atoms with van der Waals surface area (Å²) in [5.74, 6) is 2.17. The van der Waals surface area contributed by atoms with E-state index >= 15 is 0 Å². The van der Waals surface area contributed by atoms with E-state index in [-0.39, 0.29) is 6.03 Å². The molecule has 2 aromatic rings. The van der Waals surface area contributed by atoms with Gasteiger partial charge in [-0.2, -0.15) is 5.10 Å². The molecule has 2 amide bonds. The highest BCUT2D eigenvalue weighted by Gasteiger charge is 2.45. The fourth-order valence-corrected chi connectivity index (χ4v) is 4.41. The SMILES string of the molecule is CCC1C[C@@H]2C[C@H]1CN2C(=O)Nc1ccc(C)c(-c2ncn(C)n2)c1. The van der Waals surface area contributed by atoms with Crippen molar-refractivity contribution in [3.8, 4) is 11.4 Å². The van der Waals surface area contributed by atoms with Crippen LogP contribution in [0.1, 0.15) is 31.7 Å². The van der Waals surface area contributed by atoms with Crippen LogP contribution in [0, 0.1) is 18.8 Å². The van der Waals surface area contributed by atoms with Crippen molar-refractivity contribution in [3.63, 3.8) is 0 Å². The Morgan fingerprint density at radius 1 is 1.36 bits per heavy atom. The van der Waals surface area contributed by atoms with Gasteiger partial charge in [-0.25, -0.2) is 9.78 Å². The quantitative estimate of drug-likeness (QED) is 0.932. The number of urea groups is 1. The molecule has 3 atom stereocenters. The molecule has 1 N–H and O–H groups in total. The summed E-state index contributed by atoms with van der Waals surface area (Å²) in [6.45, 7) is 5.19. The smallest absolute Gasteiger partial charge is 0.321 e. The lowest BCUT2D eigenvalue weighted by atomic mass is 9.92. The molecule has 2 aliphatic rings. The van der Waals surface area contributed by atoms with Crippen molar-refractivity contribution in [2.24, 2.45) is 18.9 Å². The van der Waals surface area contributed by atoms with E-state index in [1.54, 1.807) is 11.0 Å². The molecule has 1 aromatic carbocycles. The fourth-order valence-electron chi connectivity index (χ4n) is 4.41. The number of nitrogens with one attached hydrogen (secondary N) is 1. The van der Waals surface area contributed by atoms with Crippen LogP contribution in [0.15, 0.2) is 24.5 Å². The molecule has 1 aromatic heterocycles. The second kappa shape index (κ2) is 6.17. The first-order valence-electron chi connectivity index (χ1n) is 9.09. The monoisotopic (exact) mass is 339 g/mol. The van der Waals surface area contributed by atoms with Gasteiger partial charge in [0.25, 0.3) is 0 Å². The molecule has 0 spiro atoms. The van der Waals surface area contributed by atoms with Gasteiger partial charge in [-0.1, -0.05) is 19.4 Å². The summed E-state index contributed by atoms with van der Waals surface area (Å²) in [7, 11) is 1.85. The molecular weight excluding hydrogens is 314 g/mol. The number of aryl methyl sites for hydroxylation is 2. The molecule has 25 heavy (non-hydrogen) atoms. The number of likely N-dealkylation sites (tertiary alicyclic amines) is 1. The third-order valence-electron chi connectivity index (χ3n) is 5.80. The molecular formula is C19H25N5O. The van der Waals surface area contributed by atoms with Crippen molar-refractivity contribution in [2.45, 2.75) is 39.2 Å². The highest BCUT2D eigenvalue weighted by atomic mass is 16.2. The van der Waals surface area contributed by atoms with Crippen LogP contribution in [0.3, 0.4) is 0 Å². The van der Waals surface area contributed by atoms with Crippen LogP contribution in [0.4, 0.5) is 10.5 Å². The Labute approximate surface area is 148 Å². The van der Waals surface area contributed by atoms with Crippen molar-refractivity contribution >= 4 is 11.7 Å². The summed E-state index contributed by atoms with van der Waals surface area (Å²) in [5, 5.41) is 7.44. The van der Waals surface area contributed by atoms with Gasteiger partial charge in [-0.15, -0.1) is 0 Å². The zero-order chi connectivity index (χ0) is 17.6. The van der Waals surface area contributed by atoms with Gasteiger partial charge < -0.3 is 10.2 Å². The molecule has 132 valence electrons. The van der Waals surface area contributed by atoms with Crippen molar-refractivity contribution < 1.29 is 4.79 Å². The lowest BCUT2D eigenvalue weighted by Gasteiger charge is -2.31. The number of benzene rings is 1. The van der Waals surface area contributed by atoms with Gasteiger partial charge in [-0.3, -0.25) is 4.68 Å². The van der Waals surface area contributed by atoms with Gasteiger partial charge in [0.05, 0.1) is 0 Å². The highest BCUT2D eigenvalue weighted by Crippen LogP contribution is 2.43. The van der Waals surface area contributed by atoms with Gasteiger partial charge >= 0.3 is 6.03 Å². The molecule has 6 nitrogen and oxygen atoms in total. The number of fused-ring (bicyclic) bond motifs is 2. The number of piperidine rings is 1. The van der Waals surface area contributed by atoms with E-state index in [0.29, 0.717) is 17.8 Å². The summed E-state index contributed by atoms with van der Waals surface area (Å²) in [6.07, 6.45) is 5.24. The van der Waals surface area contributed by atoms with Crippen LogP contribution < -0.4 is 5.32 Å². The molecule has 2 bridgehead atoms. The van der Waals surface area contributed by atoms with E-state index in [2.05, 4.69) is 22.3 Å². The summed E-state index contributed by atoms with van der Waals surface area (Å²) in [5.41, 5.74) is 2.84. The fraction of sp³-hybridized carbons (Fsp3) is 0.526. The second-order valence-corrected chi connectivity index (χ2v) is 7.41. The predicted octanol–water partition coefficient (Wildman–Crippen LogP) is 3.44. The van der Waals surface area contributed by atoms with Gasteiger partial charge in [0.15, 0.2) is 5.82 Å². The van der Waals surface area contributed by atoms with Gasteiger partial charge in [-0.05, 0) is 49.3 Å². The molecule has 4 rings (SSSR count). The molecule has 1 saturated heterocycles.